The second kappa shape index (κ2) is 5.73. The van der Waals surface area contributed by atoms with Crippen LogP contribution in [0.3, 0.4) is 0 Å². The van der Waals surface area contributed by atoms with Crippen molar-refractivity contribution >= 4 is 17.3 Å². The molecule has 1 amide bonds. The van der Waals surface area contributed by atoms with E-state index in [4.69, 9.17) is 0 Å². The number of nitrogens with one attached hydrogen (secondary N) is 2. The van der Waals surface area contributed by atoms with Gasteiger partial charge < -0.3 is 10.6 Å². The highest BCUT2D eigenvalue weighted by Crippen LogP contribution is 2.25. The van der Waals surface area contributed by atoms with Crippen molar-refractivity contribution in [1.29, 1.82) is 0 Å². The van der Waals surface area contributed by atoms with Crippen LogP contribution in [-0.4, -0.2) is 27.2 Å². The van der Waals surface area contributed by atoms with Gasteiger partial charge in [-0.3, -0.25) is 9.48 Å². The quantitative estimate of drug-likeness (QED) is 0.887. The monoisotopic (exact) mass is 271 g/mol. The average Bonchev–Trinajstić information content (AvgIpc) is 2.98. The van der Waals surface area contributed by atoms with Crippen LogP contribution in [0.4, 0.5) is 11.4 Å². The summed E-state index contributed by atoms with van der Waals surface area (Å²) in [4.78, 5) is 15.7. The van der Waals surface area contributed by atoms with Crippen molar-refractivity contribution in [3.8, 4) is 0 Å². The molecule has 0 unspecified atom stereocenters. The Hall–Kier alpha value is -2.37. The molecule has 1 aliphatic rings. The molecule has 3 rings (SSSR count). The van der Waals surface area contributed by atoms with Crippen molar-refractivity contribution in [2.24, 2.45) is 0 Å². The molecule has 0 fully saturated rings. The molecular weight excluding hydrogens is 254 g/mol. The highest BCUT2D eigenvalue weighted by Gasteiger charge is 2.10. The van der Waals surface area contributed by atoms with E-state index in [9.17, 15) is 4.79 Å². The predicted octanol–water partition coefficient (Wildman–Crippen LogP) is 1.66. The van der Waals surface area contributed by atoms with Crippen LogP contribution in [-0.2, 0) is 17.8 Å². The fourth-order valence-corrected chi connectivity index (χ4v) is 2.33. The minimum atomic E-state index is -0.0174. The summed E-state index contributed by atoms with van der Waals surface area (Å²) >= 11 is 0. The average molecular weight is 271 g/mol. The van der Waals surface area contributed by atoms with Gasteiger partial charge in [0.1, 0.15) is 12.7 Å². The number of nitrogens with zero attached hydrogens (tertiary/aromatic N) is 3. The van der Waals surface area contributed by atoms with Gasteiger partial charge in [0.25, 0.3) is 0 Å². The van der Waals surface area contributed by atoms with Gasteiger partial charge >= 0.3 is 0 Å². The Labute approximate surface area is 117 Å². The summed E-state index contributed by atoms with van der Waals surface area (Å²) < 4.78 is 1.65. The van der Waals surface area contributed by atoms with Gasteiger partial charge in [0.15, 0.2) is 0 Å². The third-order valence-corrected chi connectivity index (χ3v) is 3.37. The van der Waals surface area contributed by atoms with Gasteiger partial charge in [0.05, 0.1) is 6.54 Å². The van der Waals surface area contributed by atoms with Crippen LogP contribution in [0.5, 0.6) is 0 Å². The Bertz CT molecular complexity index is 594. The lowest BCUT2D eigenvalue weighted by Gasteiger charge is -2.18. The van der Waals surface area contributed by atoms with Gasteiger partial charge in [0, 0.05) is 24.3 Å². The van der Waals surface area contributed by atoms with E-state index < -0.39 is 0 Å². The molecule has 6 nitrogen and oxygen atoms in total. The van der Waals surface area contributed by atoms with Gasteiger partial charge in [-0.2, -0.15) is 5.10 Å². The smallest absolute Gasteiger partial charge is 0.226 e. The van der Waals surface area contributed by atoms with E-state index >= 15 is 0 Å². The number of carbonyl (C=O) groups excluding carboxylic acids is 1. The normalized spacial score (nSPS) is 13.4. The Balaban J connectivity index is 1.58. The Morgan fingerprint density at radius 1 is 1.45 bits per heavy atom. The zero-order valence-electron chi connectivity index (χ0n) is 11.2. The Kier molecular flexibility index (Phi) is 3.62. The minimum Gasteiger partial charge on any atom is -0.385 e. The van der Waals surface area contributed by atoms with Crippen LogP contribution in [0.15, 0.2) is 30.9 Å². The first kappa shape index (κ1) is 12.7. The van der Waals surface area contributed by atoms with Crippen molar-refractivity contribution in [1.82, 2.24) is 14.8 Å². The van der Waals surface area contributed by atoms with Gasteiger partial charge in [0.2, 0.25) is 5.91 Å². The van der Waals surface area contributed by atoms with Crippen LogP contribution in [0, 0.1) is 0 Å². The number of fused-ring (bicyclic) bond motifs is 1. The molecule has 0 saturated carbocycles. The van der Waals surface area contributed by atoms with Crippen molar-refractivity contribution in [3.05, 3.63) is 36.4 Å². The van der Waals surface area contributed by atoms with E-state index in [1.54, 1.807) is 11.0 Å². The Morgan fingerprint density at radius 2 is 2.40 bits per heavy atom. The number of aromatic nitrogens is 3. The maximum Gasteiger partial charge on any atom is 0.226 e. The number of anilines is 2. The second-order valence-corrected chi connectivity index (χ2v) is 4.86. The van der Waals surface area contributed by atoms with Crippen LogP contribution >= 0.6 is 0 Å². The van der Waals surface area contributed by atoms with Crippen molar-refractivity contribution in [2.45, 2.75) is 25.8 Å². The number of hydrogen-bond donors (Lipinski definition) is 2. The summed E-state index contributed by atoms with van der Waals surface area (Å²) in [6, 6.07) is 6.04. The molecule has 2 aromatic rings. The molecule has 0 atom stereocenters. The molecule has 20 heavy (non-hydrogen) atoms. The molecule has 6 heteroatoms. The third kappa shape index (κ3) is 2.96. The van der Waals surface area contributed by atoms with Crippen molar-refractivity contribution in [2.75, 3.05) is 17.2 Å². The summed E-state index contributed by atoms with van der Waals surface area (Å²) in [5.74, 6) is -0.0174. The second-order valence-electron chi connectivity index (χ2n) is 4.86. The van der Waals surface area contributed by atoms with E-state index in [-0.39, 0.29) is 5.91 Å². The van der Waals surface area contributed by atoms with E-state index in [1.165, 1.54) is 11.9 Å². The lowest BCUT2D eigenvalue weighted by atomic mass is 10.0. The zero-order valence-corrected chi connectivity index (χ0v) is 11.2. The SMILES string of the molecule is O=C(CCn1cncn1)Nc1ccc2c(c1)NCCC2. The number of rotatable bonds is 4. The molecule has 1 aromatic carbocycles. The molecule has 1 aromatic heterocycles. The fraction of sp³-hybridized carbons (Fsp3) is 0.357. The van der Waals surface area contributed by atoms with Gasteiger partial charge in [-0.05, 0) is 30.5 Å². The first-order valence-corrected chi connectivity index (χ1v) is 6.80. The van der Waals surface area contributed by atoms with Gasteiger partial charge in [-0.25, -0.2) is 4.98 Å². The summed E-state index contributed by atoms with van der Waals surface area (Å²) in [6.45, 7) is 1.53. The van der Waals surface area contributed by atoms with E-state index in [1.807, 2.05) is 12.1 Å². The van der Waals surface area contributed by atoms with Crippen LogP contribution in [0.1, 0.15) is 18.4 Å². The number of benzene rings is 1. The van der Waals surface area contributed by atoms with Crippen LogP contribution < -0.4 is 10.6 Å². The maximum absolute atomic E-state index is 11.9. The predicted molar refractivity (Wildman–Crippen MR) is 76.5 cm³/mol. The minimum absolute atomic E-state index is 0.0174. The lowest BCUT2D eigenvalue weighted by Crippen LogP contribution is -2.16. The topological polar surface area (TPSA) is 71.8 Å². The summed E-state index contributed by atoms with van der Waals surface area (Å²) in [5, 5.41) is 10.2. The largest absolute Gasteiger partial charge is 0.385 e. The highest BCUT2D eigenvalue weighted by atomic mass is 16.1. The molecule has 0 saturated heterocycles. The molecule has 1 aliphatic heterocycles. The lowest BCUT2D eigenvalue weighted by molar-refractivity contribution is -0.116. The molecule has 0 spiro atoms. The Morgan fingerprint density at radius 3 is 3.25 bits per heavy atom. The van der Waals surface area contributed by atoms with Crippen LogP contribution in [0.2, 0.25) is 0 Å². The third-order valence-electron chi connectivity index (χ3n) is 3.37. The van der Waals surface area contributed by atoms with E-state index in [2.05, 4.69) is 26.8 Å². The number of amides is 1. The zero-order chi connectivity index (χ0) is 13.8. The summed E-state index contributed by atoms with van der Waals surface area (Å²) in [5.41, 5.74) is 3.28. The molecule has 2 N–H and O–H groups in total. The summed E-state index contributed by atoms with van der Waals surface area (Å²) in [7, 11) is 0. The van der Waals surface area contributed by atoms with E-state index in [0.29, 0.717) is 13.0 Å². The molecular formula is C14H17N5O. The van der Waals surface area contributed by atoms with Gasteiger partial charge in [-0.15, -0.1) is 0 Å². The standard InChI is InChI=1S/C14H17N5O/c20-14(5-7-19-10-15-9-17-19)18-12-4-3-11-2-1-6-16-13(11)8-12/h3-4,8-10,16H,1-2,5-7H2,(H,18,20). The van der Waals surface area contributed by atoms with E-state index in [0.717, 1.165) is 30.8 Å². The fourth-order valence-electron chi connectivity index (χ4n) is 2.33. The molecule has 0 bridgehead atoms. The number of aryl methyl sites for hydroxylation is 2. The first-order chi connectivity index (χ1) is 9.81. The highest BCUT2D eigenvalue weighted by molar-refractivity contribution is 5.91. The van der Waals surface area contributed by atoms with Crippen molar-refractivity contribution < 1.29 is 4.79 Å². The number of carbonyl (C=O) groups is 1. The maximum atomic E-state index is 11.9. The first-order valence-electron chi connectivity index (χ1n) is 6.80. The van der Waals surface area contributed by atoms with Crippen molar-refractivity contribution in [3.63, 3.8) is 0 Å². The molecule has 104 valence electrons. The summed E-state index contributed by atoms with van der Waals surface area (Å²) in [6.07, 6.45) is 5.72. The molecule has 0 aliphatic carbocycles. The number of hydrogen-bond acceptors (Lipinski definition) is 4. The van der Waals surface area contributed by atoms with Gasteiger partial charge in [-0.1, -0.05) is 6.07 Å². The van der Waals surface area contributed by atoms with Crippen LogP contribution in [0.25, 0.3) is 0 Å². The molecule has 2 heterocycles. The molecule has 0 radical (unpaired) electrons.